The van der Waals surface area contributed by atoms with E-state index in [1.54, 1.807) is 0 Å². The van der Waals surface area contributed by atoms with Crippen LogP contribution in [0.5, 0.6) is 0 Å². The molecular weight excluding hydrogens is 110 g/mol. The van der Waals surface area contributed by atoms with E-state index in [0.29, 0.717) is 0 Å². The zero-order valence-electron chi connectivity index (χ0n) is 6.72. The summed E-state index contributed by atoms with van der Waals surface area (Å²) in [6.07, 6.45) is 6.68. The summed E-state index contributed by atoms with van der Waals surface area (Å²) in [6, 6.07) is 0. The van der Waals surface area contributed by atoms with Crippen LogP contribution >= 0.6 is 0 Å². The fourth-order valence-corrected chi connectivity index (χ4v) is 0.713. The molecule has 0 aromatic rings. The predicted octanol–water partition coefficient (Wildman–Crippen LogP) is 2.25. The quantitative estimate of drug-likeness (QED) is 0.560. The van der Waals surface area contributed by atoms with Gasteiger partial charge in [0.2, 0.25) is 0 Å². The van der Waals surface area contributed by atoms with Gasteiger partial charge in [-0.3, -0.25) is 0 Å². The van der Waals surface area contributed by atoms with E-state index in [-0.39, 0.29) is 0 Å². The molecule has 0 unspecified atom stereocenters. The van der Waals surface area contributed by atoms with Gasteiger partial charge < -0.3 is 4.90 Å². The first-order valence-corrected chi connectivity index (χ1v) is 3.68. The first kappa shape index (κ1) is 8.54. The molecule has 0 saturated heterocycles. The Morgan fingerprint density at radius 1 is 1.33 bits per heavy atom. The Hall–Kier alpha value is -0.460. The summed E-state index contributed by atoms with van der Waals surface area (Å²) in [7, 11) is 2.11. The van der Waals surface area contributed by atoms with E-state index >= 15 is 0 Å². The average molecular weight is 127 g/mol. The third-order valence-electron chi connectivity index (χ3n) is 1.17. The van der Waals surface area contributed by atoms with Gasteiger partial charge in [-0.25, -0.2) is 0 Å². The Morgan fingerprint density at radius 2 is 2.00 bits per heavy atom. The molecule has 0 heterocycles. The summed E-state index contributed by atoms with van der Waals surface area (Å²) >= 11 is 0. The Morgan fingerprint density at radius 3 is 2.44 bits per heavy atom. The second-order valence-electron chi connectivity index (χ2n) is 2.27. The van der Waals surface area contributed by atoms with Gasteiger partial charge in [0.25, 0.3) is 0 Å². The van der Waals surface area contributed by atoms with Gasteiger partial charge in [-0.1, -0.05) is 19.9 Å². The van der Waals surface area contributed by atoms with Crippen molar-refractivity contribution in [2.24, 2.45) is 0 Å². The minimum Gasteiger partial charge on any atom is -0.381 e. The minimum atomic E-state index is 1.13. The maximum absolute atomic E-state index is 2.21. The maximum atomic E-state index is 2.21. The third-order valence-corrected chi connectivity index (χ3v) is 1.17. The standard InChI is InChI=1S/C8H17N/c1-4-6-8-9(3)7-5-2/h6,8H,4-5,7H2,1-3H3/b8-6+. The van der Waals surface area contributed by atoms with E-state index in [1.807, 2.05) is 0 Å². The molecule has 0 bridgehead atoms. The molecule has 0 amide bonds. The molecule has 1 heteroatoms. The molecule has 0 aromatic heterocycles. The highest BCUT2D eigenvalue weighted by Gasteiger charge is 1.83. The topological polar surface area (TPSA) is 3.24 Å². The van der Waals surface area contributed by atoms with E-state index in [9.17, 15) is 0 Å². The smallest absolute Gasteiger partial charge is 0.0166 e. The number of rotatable bonds is 4. The van der Waals surface area contributed by atoms with Crippen molar-refractivity contribution >= 4 is 0 Å². The van der Waals surface area contributed by atoms with Gasteiger partial charge in [-0.2, -0.15) is 0 Å². The molecule has 9 heavy (non-hydrogen) atoms. The van der Waals surface area contributed by atoms with Gasteiger partial charge in [-0.15, -0.1) is 0 Å². The summed E-state index contributed by atoms with van der Waals surface area (Å²) in [5, 5.41) is 0. The van der Waals surface area contributed by atoms with Crippen LogP contribution in [0.25, 0.3) is 0 Å². The molecule has 0 rings (SSSR count). The molecule has 0 N–H and O–H groups in total. The van der Waals surface area contributed by atoms with Crippen molar-refractivity contribution in [3.05, 3.63) is 12.3 Å². The molecule has 0 radical (unpaired) electrons. The number of hydrogen-bond acceptors (Lipinski definition) is 1. The number of nitrogens with zero attached hydrogens (tertiary/aromatic N) is 1. The minimum absolute atomic E-state index is 1.13. The van der Waals surface area contributed by atoms with Crippen LogP contribution in [-0.2, 0) is 0 Å². The summed E-state index contributed by atoms with van der Waals surface area (Å²) < 4.78 is 0. The van der Waals surface area contributed by atoms with E-state index in [1.165, 1.54) is 6.42 Å². The van der Waals surface area contributed by atoms with E-state index < -0.39 is 0 Å². The number of allylic oxidation sites excluding steroid dienone is 1. The lowest BCUT2D eigenvalue weighted by atomic mass is 10.4. The van der Waals surface area contributed by atoms with Gasteiger partial charge in [-0.05, 0) is 19.0 Å². The van der Waals surface area contributed by atoms with E-state index in [0.717, 1.165) is 13.0 Å². The van der Waals surface area contributed by atoms with Crippen LogP contribution in [0, 0.1) is 0 Å². The van der Waals surface area contributed by atoms with Crippen molar-refractivity contribution in [1.29, 1.82) is 0 Å². The third kappa shape index (κ3) is 5.41. The zero-order valence-corrected chi connectivity index (χ0v) is 6.72. The number of hydrogen-bond donors (Lipinski definition) is 0. The zero-order chi connectivity index (χ0) is 7.11. The van der Waals surface area contributed by atoms with Crippen LogP contribution in [0.15, 0.2) is 12.3 Å². The molecule has 0 spiro atoms. The van der Waals surface area contributed by atoms with Gasteiger partial charge >= 0.3 is 0 Å². The van der Waals surface area contributed by atoms with Gasteiger partial charge in [0.15, 0.2) is 0 Å². The molecule has 1 nitrogen and oxygen atoms in total. The predicted molar refractivity (Wildman–Crippen MR) is 42.4 cm³/mol. The molecular formula is C8H17N. The maximum Gasteiger partial charge on any atom is 0.0166 e. The summed E-state index contributed by atoms with van der Waals surface area (Å²) in [6.45, 7) is 5.50. The second-order valence-corrected chi connectivity index (χ2v) is 2.27. The van der Waals surface area contributed by atoms with Crippen molar-refractivity contribution < 1.29 is 0 Å². The molecule has 0 aromatic carbocycles. The van der Waals surface area contributed by atoms with Crippen LogP contribution in [0.2, 0.25) is 0 Å². The van der Waals surface area contributed by atoms with Crippen molar-refractivity contribution in [1.82, 2.24) is 4.90 Å². The monoisotopic (exact) mass is 127 g/mol. The van der Waals surface area contributed by atoms with Crippen molar-refractivity contribution in [3.63, 3.8) is 0 Å². The van der Waals surface area contributed by atoms with Crippen molar-refractivity contribution in [2.45, 2.75) is 26.7 Å². The normalized spacial score (nSPS) is 10.6. The van der Waals surface area contributed by atoms with Crippen LogP contribution in [0.1, 0.15) is 26.7 Å². The Balaban J connectivity index is 3.25. The molecule has 0 aliphatic rings. The van der Waals surface area contributed by atoms with E-state index in [2.05, 4.69) is 38.1 Å². The first-order valence-electron chi connectivity index (χ1n) is 3.68. The Bertz CT molecular complexity index is 76.6. The van der Waals surface area contributed by atoms with Gasteiger partial charge in [0.1, 0.15) is 0 Å². The lowest BCUT2D eigenvalue weighted by Crippen LogP contribution is -2.10. The largest absolute Gasteiger partial charge is 0.381 e. The fourth-order valence-electron chi connectivity index (χ4n) is 0.713. The highest BCUT2D eigenvalue weighted by atomic mass is 15.1. The SMILES string of the molecule is CC/C=C/N(C)CCC. The lowest BCUT2D eigenvalue weighted by molar-refractivity contribution is 0.453. The molecule has 0 aliphatic carbocycles. The van der Waals surface area contributed by atoms with Crippen molar-refractivity contribution in [2.75, 3.05) is 13.6 Å². The highest BCUT2D eigenvalue weighted by molar-refractivity contribution is 4.78. The van der Waals surface area contributed by atoms with Crippen LogP contribution < -0.4 is 0 Å². The summed E-state index contributed by atoms with van der Waals surface area (Å²) in [4.78, 5) is 2.21. The Kier molecular flexibility index (Phi) is 5.38. The van der Waals surface area contributed by atoms with Crippen LogP contribution in [0.4, 0.5) is 0 Å². The molecule has 0 atom stereocenters. The average Bonchev–Trinajstić information content (AvgIpc) is 1.85. The summed E-state index contributed by atoms with van der Waals surface area (Å²) in [5.74, 6) is 0. The van der Waals surface area contributed by atoms with E-state index in [4.69, 9.17) is 0 Å². The first-order chi connectivity index (χ1) is 4.31. The molecule has 0 aliphatic heterocycles. The van der Waals surface area contributed by atoms with Crippen molar-refractivity contribution in [3.8, 4) is 0 Å². The fraction of sp³-hybridized carbons (Fsp3) is 0.750. The molecule has 54 valence electrons. The lowest BCUT2D eigenvalue weighted by Gasteiger charge is -2.10. The molecule has 0 fully saturated rings. The Labute approximate surface area is 58.4 Å². The van der Waals surface area contributed by atoms with Crippen LogP contribution in [-0.4, -0.2) is 18.5 Å². The second kappa shape index (κ2) is 5.67. The highest BCUT2D eigenvalue weighted by Crippen LogP contribution is 1.88. The summed E-state index contributed by atoms with van der Waals surface area (Å²) in [5.41, 5.74) is 0. The van der Waals surface area contributed by atoms with Gasteiger partial charge in [0.05, 0.1) is 0 Å². The van der Waals surface area contributed by atoms with Crippen LogP contribution in [0.3, 0.4) is 0 Å². The van der Waals surface area contributed by atoms with Gasteiger partial charge in [0, 0.05) is 13.6 Å². The molecule has 0 saturated carbocycles.